The minimum Gasteiger partial charge on any atom is -0.356 e. The zero-order valence-corrected chi connectivity index (χ0v) is 32.5. The van der Waals surface area contributed by atoms with Crippen LogP contribution in [0, 0.1) is 17.8 Å². The smallest absolute Gasteiger partial charge is 0.315 e. The monoisotopic (exact) mass is 707 g/mol. The van der Waals surface area contributed by atoms with E-state index in [1.54, 1.807) is 0 Å². The van der Waals surface area contributed by atoms with E-state index in [0.29, 0.717) is 44.0 Å². The number of urea groups is 1. The van der Waals surface area contributed by atoms with E-state index in [-0.39, 0.29) is 17.6 Å². The molecule has 1 heterocycles. The van der Waals surface area contributed by atoms with Crippen LogP contribution in [0.2, 0.25) is 0 Å². The molecule has 5 amide bonds. The lowest BCUT2D eigenvalue weighted by Crippen LogP contribution is -2.63. The molecule has 280 valence electrons. The molecule has 12 heteroatoms. The first-order valence-corrected chi connectivity index (χ1v) is 19.4. The van der Waals surface area contributed by atoms with Crippen molar-refractivity contribution in [3.05, 3.63) is 0 Å². The Bertz CT molecular complexity index is 1160. The van der Waals surface area contributed by atoms with Crippen LogP contribution < -0.4 is 21.3 Å². The third-order valence-corrected chi connectivity index (χ3v) is 11.0. The lowest BCUT2D eigenvalue weighted by molar-refractivity contribution is -0.142. The molecule has 4 N–H and O–H groups in total. The number of terminal acetylenes is 1. The summed E-state index contributed by atoms with van der Waals surface area (Å²) in [4.78, 5) is 63.6. The molecule has 0 spiro atoms. The summed E-state index contributed by atoms with van der Waals surface area (Å²) in [6.07, 6.45) is 15.9. The van der Waals surface area contributed by atoms with Crippen LogP contribution >= 0.6 is 0 Å². The quantitative estimate of drug-likeness (QED) is 0.170. The standard InChI is InChI=1S/C30H50N4O5S.C4H7NO.C3H8/c1-9-10-15-22(21(2)35)31-25(36)23-16-14-19-34(23)26(37)24(28(3,4)5)32-27(38)33-30(17-12-11-13-18-30)20-40(39)29(6,7)8;6-3-5-4-1-2-4;1-3-2/h1,22-24H,10-20H2,2-8H3,(H,31,36)(H2,32,33,38);3-4H,1-2H2,(H,5,6);3H2,1-2H3/t22?,23-,24?,40?;;/m0../s1. The predicted molar refractivity (Wildman–Crippen MR) is 197 cm³/mol. The van der Waals surface area contributed by atoms with Gasteiger partial charge in [0.05, 0.1) is 11.6 Å². The summed E-state index contributed by atoms with van der Waals surface area (Å²) < 4.78 is 12.7. The Kier molecular flexibility index (Phi) is 18.6. The van der Waals surface area contributed by atoms with E-state index in [2.05, 4.69) is 41.0 Å². The molecule has 2 aliphatic carbocycles. The number of rotatable bonds is 12. The van der Waals surface area contributed by atoms with Gasteiger partial charge in [-0.25, -0.2) is 4.79 Å². The number of amides is 5. The van der Waals surface area contributed by atoms with Gasteiger partial charge in [0.25, 0.3) is 0 Å². The van der Waals surface area contributed by atoms with E-state index in [4.69, 9.17) is 6.42 Å². The van der Waals surface area contributed by atoms with Gasteiger partial charge in [-0.2, -0.15) is 0 Å². The van der Waals surface area contributed by atoms with Gasteiger partial charge in [0.15, 0.2) is 5.78 Å². The Balaban J connectivity index is 0.00000116. The first-order valence-electron chi connectivity index (χ1n) is 18.1. The van der Waals surface area contributed by atoms with E-state index in [1.165, 1.54) is 31.1 Å². The first-order chi connectivity index (χ1) is 22.8. The molecule has 49 heavy (non-hydrogen) atoms. The van der Waals surface area contributed by atoms with Gasteiger partial charge in [0.2, 0.25) is 18.2 Å². The third kappa shape index (κ3) is 15.7. The van der Waals surface area contributed by atoms with Crippen molar-refractivity contribution in [3.63, 3.8) is 0 Å². The zero-order chi connectivity index (χ0) is 37.4. The molecule has 4 atom stereocenters. The van der Waals surface area contributed by atoms with Crippen LogP contribution in [0.3, 0.4) is 0 Å². The van der Waals surface area contributed by atoms with Gasteiger partial charge in [0, 0.05) is 40.3 Å². The van der Waals surface area contributed by atoms with Crippen LogP contribution in [0.5, 0.6) is 0 Å². The van der Waals surface area contributed by atoms with Crippen LogP contribution in [0.25, 0.3) is 0 Å². The number of likely N-dealkylation sites (tertiary alicyclic amines) is 1. The Labute approximate surface area is 298 Å². The molecule has 3 aliphatic rings. The second-order valence-electron chi connectivity index (χ2n) is 15.7. The Morgan fingerprint density at radius 3 is 2.02 bits per heavy atom. The number of carbonyl (C=O) groups excluding carboxylic acids is 5. The number of nitrogens with one attached hydrogen (secondary N) is 4. The summed E-state index contributed by atoms with van der Waals surface area (Å²) >= 11 is 0. The van der Waals surface area contributed by atoms with Crippen LogP contribution in [0.15, 0.2) is 0 Å². The lowest BCUT2D eigenvalue weighted by Gasteiger charge is -2.41. The fraction of sp³-hybridized carbons (Fsp3) is 0.811. The van der Waals surface area contributed by atoms with Gasteiger partial charge < -0.3 is 26.2 Å². The Morgan fingerprint density at radius 1 is 0.980 bits per heavy atom. The van der Waals surface area contributed by atoms with Crippen LogP contribution in [-0.4, -0.2) is 85.9 Å². The highest BCUT2D eigenvalue weighted by molar-refractivity contribution is 7.86. The topological polar surface area (TPSA) is 154 Å². The van der Waals surface area contributed by atoms with Gasteiger partial charge in [-0.15, -0.1) is 12.3 Å². The molecule has 11 nitrogen and oxygen atoms in total. The molecular formula is C37H65N5O6S. The van der Waals surface area contributed by atoms with Crippen LogP contribution in [-0.2, 0) is 30.0 Å². The van der Waals surface area contributed by atoms with E-state index < -0.39 is 50.7 Å². The summed E-state index contributed by atoms with van der Waals surface area (Å²) in [6, 6.07) is -2.25. The Morgan fingerprint density at radius 2 is 1.57 bits per heavy atom. The highest BCUT2D eigenvalue weighted by atomic mass is 32.2. The van der Waals surface area contributed by atoms with Gasteiger partial charge >= 0.3 is 6.03 Å². The molecule has 3 rings (SSSR count). The average Bonchev–Trinajstić information content (AvgIpc) is 3.69. The normalized spacial score (nSPS) is 20.3. The van der Waals surface area contributed by atoms with Crippen molar-refractivity contribution in [1.82, 2.24) is 26.2 Å². The third-order valence-electron chi connectivity index (χ3n) is 8.77. The molecule has 3 unspecified atom stereocenters. The summed E-state index contributed by atoms with van der Waals surface area (Å²) in [5, 5.41) is 11.5. The maximum absolute atomic E-state index is 13.9. The zero-order valence-electron chi connectivity index (χ0n) is 31.7. The summed E-state index contributed by atoms with van der Waals surface area (Å²) in [6.45, 7) is 17.5. The second-order valence-corrected chi connectivity index (χ2v) is 17.9. The van der Waals surface area contributed by atoms with Crippen molar-refractivity contribution in [2.24, 2.45) is 5.41 Å². The molecule has 0 bridgehead atoms. The molecule has 2 saturated carbocycles. The number of hydrogen-bond acceptors (Lipinski definition) is 6. The van der Waals surface area contributed by atoms with E-state index in [9.17, 15) is 28.2 Å². The lowest BCUT2D eigenvalue weighted by atomic mass is 9.83. The molecule has 0 radical (unpaired) electrons. The van der Waals surface area contributed by atoms with Gasteiger partial charge in [-0.3, -0.25) is 23.4 Å². The van der Waals surface area contributed by atoms with Crippen molar-refractivity contribution in [1.29, 1.82) is 0 Å². The van der Waals surface area contributed by atoms with E-state index >= 15 is 0 Å². The maximum atomic E-state index is 13.9. The van der Waals surface area contributed by atoms with Crippen LogP contribution in [0.4, 0.5) is 4.79 Å². The molecule has 1 aliphatic heterocycles. The fourth-order valence-corrected chi connectivity index (χ4v) is 7.04. The molecule has 0 aromatic rings. The minimum atomic E-state index is -1.15. The van der Waals surface area contributed by atoms with E-state index in [0.717, 1.165) is 38.5 Å². The summed E-state index contributed by atoms with van der Waals surface area (Å²) in [5.41, 5.74) is -1.23. The van der Waals surface area contributed by atoms with Crippen molar-refractivity contribution in [2.45, 2.75) is 174 Å². The molecule has 3 fully saturated rings. The predicted octanol–water partition coefficient (Wildman–Crippen LogP) is 4.74. The number of Topliss-reactive ketones (excluding diaryl/α,β-unsaturated/α-hetero) is 1. The maximum Gasteiger partial charge on any atom is 0.315 e. The second kappa shape index (κ2) is 20.7. The highest BCUT2D eigenvalue weighted by Gasteiger charge is 2.44. The van der Waals surface area contributed by atoms with Crippen LogP contribution in [0.1, 0.15) is 139 Å². The highest BCUT2D eigenvalue weighted by Crippen LogP contribution is 2.32. The summed E-state index contributed by atoms with van der Waals surface area (Å²) in [7, 11) is -1.15. The number of ketones is 1. The SMILES string of the molecule is C#CCCC(NC(=O)[C@@H]1CCCN1C(=O)C(NC(=O)NC1(CS(=O)C(C)(C)C)CCCCC1)C(C)(C)C)C(C)=O.CCC.O=CNC1CC1. The van der Waals surface area contributed by atoms with Crippen molar-refractivity contribution < 1.29 is 28.2 Å². The number of hydrogen-bond donors (Lipinski definition) is 4. The molecule has 0 aromatic heterocycles. The number of nitrogens with zero attached hydrogens (tertiary/aromatic N) is 1. The largest absolute Gasteiger partial charge is 0.356 e. The van der Waals surface area contributed by atoms with Gasteiger partial charge in [-0.05, 0) is 78.1 Å². The molecule has 1 saturated heterocycles. The molecule has 0 aromatic carbocycles. The van der Waals surface area contributed by atoms with Crippen molar-refractivity contribution >= 4 is 40.8 Å². The van der Waals surface area contributed by atoms with E-state index in [1.807, 2.05) is 41.5 Å². The number of carbonyl (C=O) groups is 5. The van der Waals surface area contributed by atoms with Crippen molar-refractivity contribution in [2.75, 3.05) is 12.3 Å². The summed E-state index contributed by atoms with van der Waals surface area (Å²) in [5.74, 6) is 1.95. The molecular weight excluding hydrogens is 643 g/mol. The fourth-order valence-electron chi connectivity index (χ4n) is 5.75. The van der Waals surface area contributed by atoms with Gasteiger partial charge in [0.1, 0.15) is 12.1 Å². The average molecular weight is 708 g/mol. The Hall–Kier alpha value is -2.94. The first kappa shape index (κ1) is 44.1. The van der Waals surface area contributed by atoms with Gasteiger partial charge in [-0.1, -0.05) is 60.3 Å². The van der Waals surface area contributed by atoms with Crippen molar-refractivity contribution in [3.8, 4) is 12.3 Å². The minimum absolute atomic E-state index is 0.186.